The lowest BCUT2D eigenvalue weighted by Gasteiger charge is -2.28. The predicted molar refractivity (Wildman–Crippen MR) is 74.2 cm³/mol. The number of carbonyl (C=O) groups is 1. The summed E-state index contributed by atoms with van der Waals surface area (Å²) < 4.78 is 37.4. The largest absolute Gasteiger partial charge is 0.443 e. The van der Waals surface area contributed by atoms with Crippen molar-refractivity contribution in [3.63, 3.8) is 0 Å². The topological polar surface area (TPSA) is 30.0 Å². The van der Waals surface area contributed by atoms with E-state index in [4.69, 9.17) is 0 Å². The SMILES string of the molecule is CCC1SCCSC1C(=O)c1cnc(C(F)(F)F)s1. The van der Waals surface area contributed by atoms with Gasteiger partial charge in [-0.25, -0.2) is 4.98 Å². The molecule has 0 aliphatic carbocycles. The van der Waals surface area contributed by atoms with Crippen LogP contribution < -0.4 is 0 Å². The van der Waals surface area contributed by atoms with E-state index in [2.05, 4.69) is 4.98 Å². The molecule has 0 bridgehead atoms. The van der Waals surface area contributed by atoms with E-state index in [0.29, 0.717) is 11.3 Å². The van der Waals surface area contributed by atoms with Gasteiger partial charge in [0, 0.05) is 23.0 Å². The Morgan fingerprint density at radius 1 is 1.42 bits per heavy atom. The van der Waals surface area contributed by atoms with Crippen LogP contribution in [0.25, 0.3) is 0 Å². The molecule has 0 radical (unpaired) electrons. The van der Waals surface area contributed by atoms with E-state index in [1.54, 1.807) is 23.5 Å². The van der Waals surface area contributed by atoms with Gasteiger partial charge in [0.1, 0.15) is 0 Å². The molecule has 1 aromatic heterocycles. The minimum atomic E-state index is -4.47. The molecule has 0 spiro atoms. The van der Waals surface area contributed by atoms with Crippen molar-refractivity contribution in [3.8, 4) is 0 Å². The van der Waals surface area contributed by atoms with Gasteiger partial charge < -0.3 is 0 Å². The standard InChI is InChI=1S/C11H12F3NOS3/c1-2-6-9(18-4-3-17-6)8(16)7-5-15-10(19-7)11(12,13)14/h5-6,9H,2-4H2,1H3. The summed E-state index contributed by atoms with van der Waals surface area (Å²) in [4.78, 5) is 15.7. The molecule has 106 valence electrons. The highest BCUT2D eigenvalue weighted by atomic mass is 32.2. The van der Waals surface area contributed by atoms with Crippen LogP contribution in [0.3, 0.4) is 0 Å². The Bertz CT molecular complexity index is 460. The minimum absolute atomic E-state index is 0.116. The van der Waals surface area contributed by atoms with Crippen LogP contribution in [0.5, 0.6) is 0 Å². The number of hydrogen-bond acceptors (Lipinski definition) is 5. The van der Waals surface area contributed by atoms with Crippen LogP contribution in [0.2, 0.25) is 0 Å². The number of ketones is 1. The Labute approximate surface area is 121 Å². The summed E-state index contributed by atoms with van der Waals surface area (Å²) in [5, 5.41) is -1.01. The summed E-state index contributed by atoms with van der Waals surface area (Å²) in [6.07, 6.45) is -2.57. The smallest absolute Gasteiger partial charge is 0.292 e. The second kappa shape index (κ2) is 6.05. The number of nitrogens with zero attached hydrogens (tertiary/aromatic N) is 1. The van der Waals surface area contributed by atoms with Crippen molar-refractivity contribution < 1.29 is 18.0 Å². The van der Waals surface area contributed by atoms with Gasteiger partial charge in [-0.3, -0.25) is 4.79 Å². The van der Waals surface area contributed by atoms with Crippen LogP contribution in [-0.4, -0.2) is 32.8 Å². The van der Waals surface area contributed by atoms with E-state index in [1.165, 1.54) is 0 Å². The van der Waals surface area contributed by atoms with Crippen molar-refractivity contribution in [1.29, 1.82) is 0 Å². The normalized spacial score (nSPS) is 24.4. The molecular weight excluding hydrogens is 315 g/mol. The summed E-state index contributed by atoms with van der Waals surface area (Å²) in [7, 11) is 0. The van der Waals surface area contributed by atoms with Gasteiger partial charge in [-0.05, 0) is 6.42 Å². The lowest BCUT2D eigenvalue weighted by Crippen LogP contribution is -2.32. The van der Waals surface area contributed by atoms with Crippen LogP contribution in [0.1, 0.15) is 28.0 Å². The number of hydrogen-bond donors (Lipinski definition) is 0. The van der Waals surface area contributed by atoms with E-state index in [1.807, 2.05) is 6.92 Å². The monoisotopic (exact) mass is 327 g/mol. The second-order valence-electron chi connectivity index (χ2n) is 4.00. The first-order chi connectivity index (χ1) is 8.93. The lowest BCUT2D eigenvalue weighted by atomic mass is 10.1. The summed E-state index contributed by atoms with van der Waals surface area (Å²) >= 11 is 3.72. The first-order valence-electron chi connectivity index (χ1n) is 5.74. The van der Waals surface area contributed by atoms with Gasteiger partial charge >= 0.3 is 6.18 Å². The van der Waals surface area contributed by atoms with Gasteiger partial charge in [-0.1, -0.05) is 6.92 Å². The molecule has 0 aromatic carbocycles. The molecule has 1 fully saturated rings. The van der Waals surface area contributed by atoms with Gasteiger partial charge in [0.25, 0.3) is 0 Å². The molecule has 0 amide bonds. The highest BCUT2D eigenvalue weighted by Gasteiger charge is 2.37. The van der Waals surface area contributed by atoms with Crippen molar-refractivity contribution in [3.05, 3.63) is 16.1 Å². The lowest BCUT2D eigenvalue weighted by molar-refractivity contribution is -0.137. The van der Waals surface area contributed by atoms with Crippen molar-refractivity contribution in [2.75, 3.05) is 11.5 Å². The van der Waals surface area contributed by atoms with Crippen LogP contribution >= 0.6 is 34.9 Å². The van der Waals surface area contributed by atoms with Gasteiger partial charge in [0.2, 0.25) is 0 Å². The highest BCUT2D eigenvalue weighted by molar-refractivity contribution is 8.07. The zero-order valence-corrected chi connectivity index (χ0v) is 12.5. The summed E-state index contributed by atoms with van der Waals surface area (Å²) in [6, 6.07) is 0. The summed E-state index contributed by atoms with van der Waals surface area (Å²) in [5.41, 5.74) is 0. The molecule has 2 unspecified atom stereocenters. The van der Waals surface area contributed by atoms with E-state index < -0.39 is 11.2 Å². The molecule has 0 saturated carbocycles. The van der Waals surface area contributed by atoms with Gasteiger partial charge in [0.15, 0.2) is 10.8 Å². The van der Waals surface area contributed by atoms with E-state index in [-0.39, 0.29) is 21.2 Å². The van der Waals surface area contributed by atoms with E-state index >= 15 is 0 Å². The van der Waals surface area contributed by atoms with Crippen LogP contribution in [0.15, 0.2) is 6.20 Å². The average molecular weight is 327 g/mol. The quantitative estimate of drug-likeness (QED) is 0.786. The van der Waals surface area contributed by atoms with Crippen molar-refractivity contribution in [1.82, 2.24) is 4.98 Å². The Morgan fingerprint density at radius 3 is 2.68 bits per heavy atom. The van der Waals surface area contributed by atoms with E-state index in [0.717, 1.165) is 24.1 Å². The fourth-order valence-corrected chi connectivity index (χ4v) is 5.66. The maximum absolute atomic E-state index is 12.5. The summed E-state index contributed by atoms with van der Waals surface area (Å²) in [5.74, 6) is 1.64. The predicted octanol–water partition coefficient (Wildman–Crippen LogP) is 3.97. The number of halogens is 3. The Balaban J connectivity index is 2.16. The third kappa shape index (κ3) is 3.46. The number of rotatable bonds is 3. The zero-order valence-electron chi connectivity index (χ0n) is 10.1. The van der Waals surface area contributed by atoms with Crippen molar-refractivity contribution in [2.45, 2.75) is 30.0 Å². The molecule has 19 heavy (non-hydrogen) atoms. The molecular formula is C11H12F3NOS3. The fraction of sp³-hybridized carbons (Fsp3) is 0.636. The van der Waals surface area contributed by atoms with Crippen LogP contribution in [0.4, 0.5) is 13.2 Å². The number of aromatic nitrogens is 1. The Hall–Kier alpha value is -0.210. The molecule has 2 heterocycles. The molecule has 2 atom stereocenters. The molecule has 1 saturated heterocycles. The van der Waals surface area contributed by atoms with Crippen LogP contribution in [-0.2, 0) is 6.18 Å². The van der Waals surface area contributed by atoms with Crippen molar-refractivity contribution >= 4 is 40.6 Å². The minimum Gasteiger partial charge on any atom is -0.292 e. The first kappa shape index (κ1) is 15.2. The average Bonchev–Trinajstić information content (AvgIpc) is 2.87. The highest BCUT2D eigenvalue weighted by Crippen LogP contribution is 2.38. The molecule has 0 N–H and O–H groups in total. The molecule has 2 rings (SSSR count). The maximum atomic E-state index is 12.5. The van der Waals surface area contributed by atoms with Crippen molar-refractivity contribution in [2.24, 2.45) is 0 Å². The van der Waals surface area contributed by atoms with E-state index in [9.17, 15) is 18.0 Å². The van der Waals surface area contributed by atoms with Gasteiger partial charge in [0.05, 0.1) is 10.1 Å². The molecule has 1 aromatic rings. The Kier molecular flexibility index (Phi) is 4.84. The van der Waals surface area contributed by atoms with Gasteiger partial charge in [-0.2, -0.15) is 24.9 Å². The fourth-order valence-electron chi connectivity index (χ4n) is 1.81. The van der Waals surface area contributed by atoms with Gasteiger partial charge in [-0.15, -0.1) is 23.1 Å². The Morgan fingerprint density at radius 2 is 2.11 bits per heavy atom. The molecule has 1 aliphatic heterocycles. The molecule has 2 nitrogen and oxygen atoms in total. The second-order valence-corrected chi connectivity index (χ2v) is 7.63. The number of thiazole rings is 1. The number of carbonyl (C=O) groups excluding carboxylic acids is 1. The number of alkyl halides is 3. The number of Topliss-reactive ketones (excluding diaryl/α,β-unsaturated/α-hetero) is 1. The molecule has 1 aliphatic rings. The summed E-state index contributed by atoms with van der Waals surface area (Å²) in [6.45, 7) is 2.00. The van der Waals surface area contributed by atoms with Crippen LogP contribution in [0, 0.1) is 0 Å². The zero-order chi connectivity index (χ0) is 14.0. The number of thioether (sulfide) groups is 2. The molecule has 8 heteroatoms. The maximum Gasteiger partial charge on any atom is 0.443 e. The third-order valence-corrected chi connectivity index (χ3v) is 7.00. The first-order valence-corrected chi connectivity index (χ1v) is 8.65. The third-order valence-electron chi connectivity index (χ3n) is 2.70.